The van der Waals surface area contributed by atoms with Crippen LogP contribution in [0.25, 0.3) is 0 Å². The first-order valence-corrected chi connectivity index (χ1v) is 11.5. The van der Waals surface area contributed by atoms with Gasteiger partial charge < -0.3 is 4.57 Å². The van der Waals surface area contributed by atoms with Gasteiger partial charge in [-0.05, 0) is 18.2 Å². The molecule has 0 spiro atoms. The molecule has 5 nitrogen and oxygen atoms in total. The minimum atomic E-state index is -3.29. The number of benzene rings is 3. The monoisotopic (exact) mass is 424 g/mol. The third kappa shape index (κ3) is 3.02. The number of para-hydroxylation sites is 1. The summed E-state index contributed by atoms with van der Waals surface area (Å²) in [5.41, 5.74) is 0.718. The van der Waals surface area contributed by atoms with Crippen molar-refractivity contribution in [2.45, 2.75) is 0 Å². The van der Waals surface area contributed by atoms with Gasteiger partial charge in [-0.25, -0.2) is 9.88 Å². The Kier molecular flexibility index (Phi) is 4.61. The van der Waals surface area contributed by atoms with E-state index in [1.165, 1.54) is 6.20 Å². The van der Waals surface area contributed by atoms with Crippen molar-refractivity contribution < 1.29 is 14.2 Å². The van der Waals surface area contributed by atoms with E-state index in [0.717, 1.165) is 4.90 Å². The lowest BCUT2D eigenvalue weighted by Crippen LogP contribution is -2.29. The second kappa shape index (κ2) is 7.46. The second-order valence-corrected chi connectivity index (χ2v) is 9.92. The zero-order chi connectivity index (χ0) is 21.4. The molecule has 0 fully saturated rings. The van der Waals surface area contributed by atoms with Crippen LogP contribution >= 0.6 is 7.14 Å². The number of aromatic nitrogens is 1. The minimum absolute atomic E-state index is 0.0743. The van der Waals surface area contributed by atoms with E-state index in [1.807, 2.05) is 66.7 Å². The Bertz CT molecular complexity index is 1300. The highest BCUT2D eigenvalue weighted by Crippen LogP contribution is 2.42. The quantitative estimate of drug-likeness (QED) is 0.371. The molecule has 4 aromatic rings. The van der Waals surface area contributed by atoms with E-state index in [2.05, 4.69) is 4.98 Å². The Balaban J connectivity index is 1.68. The number of hydrogen-bond donors (Lipinski definition) is 0. The SMILES string of the molecule is O=C1c2cc(P(=O)(c3ccccc3)c3ccccc3)cnc2C(=O)N1c1ccccc1. The number of hydrogen-bond acceptors (Lipinski definition) is 4. The van der Waals surface area contributed by atoms with Gasteiger partial charge in [0.2, 0.25) is 0 Å². The van der Waals surface area contributed by atoms with Gasteiger partial charge in [0.05, 0.1) is 11.3 Å². The van der Waals surface area contributed by atoms with Crippen LogP contribution in [0.15, 0.2) is 103 Å². The highest BCUT2D eigenvalue weighted by molar-refractivity contribution is 7.85. The zero-order valence-corrected chi connectivity index (χ0v) is 17.3. The Morgan fingerprint density at radius 1 is 0.645 bits per heavy atom. The summed E-state index contributed by atoms with van der Waals surface area (Å²) in [5.74, 6) is -0.944. The third-order valence-corrected chi connectivity index (χ3v) is 8.35. The van der Waals surface area contributed by atoms with Gasteiger partial charge >= 0.3 is 0 Å². The van der Waals surface area contributed by atoms with Crippen molar-refractivity contribution in [3.8, 4) is 0 Å². The molecular formula is C25H17N2O3P. The average molecular weight is 424 g/mol. The first-order chi connectivity index (χ1) is 15.1. The molecule has 0 aliphatic carbocycles. The molecule has 0 bridgehead atoms. The van der Waals surface area contributed by atoms with Crippen LogP contribution in [0.2, 0.25) is 0 Å². The fourth-order valence-corrected chi connectivity index (χ4v) is 6.42. The summed E-state index contributed by atoms with van der Waals surface area (Å²) in [5, 5.41) is 1.69. The number of anilines is 1. The molecule has 2 heterocycles. The fourth-order valence-electron chi connectivity index (χ4n) is 3.81. The van der Waals surface area contributed by atoms with Crippen molar-refractivity contribution >= 4 is 40.6 Å². The number of pyridine rings is 1. The summed E-state index contributed by atoms with van der Waals surface area (Å²) in [6, 6.07) is 28.6. The molecule has 0 saturated carbocycles. The molecule has 0 radical (unpaired) electrons. The number of carbonyl (C=O) groups is 2. The van der Waals surface area contributed by atoms with E-state index >= 15 is 0 Å². The van der Waals surface area contributed by atoms with E-state index in [9.17, 15) is 14.2 Å². The van der Waals surface area contributed by atoms with Crippen molar-refractivity contribution in [1.82, 2.24) is 4.98 Å². The largest absolute Gasteiger partial charge is 0.309 e. The Hall–Kier alpha value is -3.82. The molecule has 3 aromatic carbocycles. The van der Waals surface area contributed by atoms with Gasteiger partial charge in [0.25, 0.3) is 11.8 Å². The molecule has 0 atom stereocenters. The molecular weight excluding hydrogens is 407 g/mol. The molecule has 1 aliphatic rings. The van der Waals surface area contributed by atoms with Crippen LogP contribution in [0.1, 0.15) is 20.8 Å². The second-order valence-electron chi connectivity index (χ2n) is 7.15. The zero-order valence-electron chi connectivity index (χ0n) is 16.4. The van der Waals surface area contributed by atoms with Crippen molar-refractivity contribution in [3.05, 3.63) is 115 Å². The Morgan fingerprint density at radius 3 is 1.71 bits per heavy atom. The highest BCUT2D eigenvalue weighted by Gasteiger charge is 2.40. The average Bonchev–Trinajstić information content (AvgIpc) is 3.09. The standard InChI is InChI=1S/C25H17N2O3P/c28-24-22-16-21(17-26-23(22)25(29)27(24)18-10-4-1-5-11-18)31(30,19-12-6-2-7-13-19)20-14-8-3-9-15-20/h1-17H. The maximum atomic E-state index is 14.5. The fraction of sp³-hybridized carbons (Fsp3) is 0. The Labute approximate surface area is 179 Å². The van der Waals surface area contributed by atoms with E-state index in [1.54, 1.807) is 30.3 Å². The lowest BCUT2D eigenvalue weighted by atomic mass is 10.2. The maximum Gasteiger partial charge on any atom is 0.284 e. The van der Waals surface area contributed by atoms with Crippen molar-refractivity contribution in [2.24, 2.45) is 0 Å². The molecule has 1 aromatic heterocycles. The van der Waals surface area contributed by atoms with Crippen LogP contribution in [0.5, 0.6) is 0 Å². The van der Waals surface area contributed by atoms with Crippen LogP contribution in [-0.2, 0) is 4.57 Å². The summed E-state index contributed by atoms with van der Waals surface area (Å²) in [6.07, 6.45) is 1.46. The van der Waals surface area contributed by atoms with Gasteiger partial charge in [0, 0.05) is 22.1 Å². The predicted octanol–water partition coefficient (Wildman–Crippen LogP) is 3.52. The normalized spacial score (nSPS) is 13.4. The van der Waals surface area contributed by atoms with Crippen molar-refractivity contribution in [3.63, 3.8) is 0 Å². The molecule has 2 amide bonds. The molecule has 5 rings (SSSR count). The first kappa shape index (κ1) is 19.2. The van der Waals surface area contributed by atoms with E-state index < -0.39 is 19.0 Å². The van der Waals surface area contributed by atoms with Gasteiger partial charge in [-0.2, -0.15) is 0 Å². The summed E-state index contributed by atoms with van der Waals surface area (Å²) >= 11 is 0. The van der Waals surface area contributed by atoms with E-state index in [-0.39, 0.29) is 11.3 Å². The number of rotatable bonds is 4. The summed E-state index contributed by atoms with van der Waals surface area (Å²) in [6.45, 7) is 0. The predicted molar refractivity (Wildman–Crippen MR) is 121 cm³/mol. The molecule has 0 N–H and O–H groups in total. The smallest absolute Gasteiger partial charge is 0.284 e. The number of fused-ring (bicyclic) bond motifs is 1. The summed E-state index contributed by atoms with van der Waals surface area (Å²) < 4.78 is 14.5. The summed E-state index contributed by atoms with van der Waals surface area (Å²) in [4.78, 5) is 31.4. The van der Waals surface area contributed by atoms with Crippen molar-refractivity contribution in [1.29, 1.82) is 0 Å². The van der Waals surface area contributed by atoms with Gasteiger partial charge in [-0.3, -0.25) is 9.59 Å². The number of imide groups is 1. The number of amides is 2. The highest BCUT2D eigenvalue weighted by atomic mass is 31.2. The lowest BCUT2D eigenvalue weighted by Gasteiger charge is -2.19. The molecule has 1 aliphatic heterocycles. The topological polar surface area (TPSA) is 67.3 Å². The number of nitrogens with zero attached hydrogens (tertiary/aromatic N) is 2. The molecule has 6 heteroatoms. The van der Waals surface area contributed by atoms with Gasteiger partial charge in [-0.15, -0.1) is 0 Å². The van der Waals surface area contributed by atoms with Crippen LogP contribution in [-0.4, -0.2) is 16.8 Å². The van der Waals surface area contributed by atoms with Crippen LogP contribution in [0.4, 0.5) is 5.69 Å². The lowest BCUT2D eigenvalue weighted by molar-refractivity contribution is 0.0924. The van der Waals surface area contributed by atoms with Crippen LogP contribution < -0.4 is 20.8 Å². The van der Waals surface area contributed by atoms with Crippen LogP contribution in [0, 0.1) is 0 Å². The molecule has 0 saturated heterocycles. The van der Waals surface area contributed by atoms with Gasteiger partial charge in [-0.1, -0.05) is 78.9 Å². The first-order valence-electron chi connectivity index (χ1n) is 9.76. The molecule has 150 valence electrons. The van der Waals surface area contributed by atoms with Gasteiger partial charge in [0.15, 0.2) is 7.14 Å². The van der Waals surface area contributed by atoms with Crippen LogP contribution in [0.3, 0.4) is 0 Å². The third-order valence-electron chi connectivity index (χ3n) is 5.33. The summed E-state index contributed by atoms with van der Waals surface area (Å²) in [7, 11) is -3.29. The molecule has 31 heavy (non-hydrogen) atoms. The van der Waals surface area contributed by atoms with Crippen molar-refractivity contribution in [2.75, 3.05) is 4.90 Å². The number of carbonyl (C=O) groups excluding carboxylic acids is 2. The van der Waals surface area contributed by atoms with Gasteiger partial charge in [0.1, 0.15) is 5.69 Å². The minimum Gasteiger partial charge on any atom is -0.309 e. The van der Waals surface area contributed by atoms with E-state index in [4.69, 9.17) is 0 Å². The maximum absolute atomic E-state index is 14.5. The molecule has 0 unspecified atom stereocenters. The Morgan fingerprint density at radius 2 is 1.16 bits per heavy atom. The van der Waals surface area contributed by atoms with E-state index in [0.29, 0.717) is 21.6 Å².